The topological polar surface area (TPSA) is 46.6 Å². The summed E-state index contributed by atoms with van der Waals surface area (Å²) in [4.78, 5) is 5.86. The fourth-order valence-electron chi connectivity index (χ4n) is 2.45. The van der Waals surface area contributed by atoms with Crippen molar-refractivity contribution in [1.82, 2.24) is 9.88 Å². The van der Waals surface area contributed by atoms with E-state index in [0.717, 1.165) is 0 Å². The Morgan fingerprint density at radius 3 is 3.08 bits per heavy atom. The molecule has 2 aromatic rings. The molecule has 0 bridgehead atoms. The van der Waals surface area contributed by atoms with Gasteiger partial charge in [-0.15, -0.1) is 0 Å². The van der Waals surface area contributed by atoms with Crippen LogP contribution in [0.15, 0.2) is 36.5 Å². The Labute approximate surface area is 166 Å². The summed E-state index contributed by atoms with van der Waals surface area (Å²) in [6, 6.07) is 7.75. The number of pyridine rings is 1. The number of benzene rings is 1. The zero-order valence-corrected chi connectivity index (χ0v) is 16.0. The highest BCUT2D eigenvalue weighted by Gasteiger charge is 2.23. The molecular formula is C17H16Cl2FN3O2S. The second kappa shape index (κ2) is 8.81. The van der Waals surface area contributed by atoms with E-state index < -0.39 is 5.82 Å². The van der Waals surface area contributed by atoms with Gasteiger partial charge in [0.15, 0.2) is 16.0 Å². The molecule has 1 aliphatic rings. The van der Waals surface area contributed by atoms with E-state index >= 15 is 0 Å². The Kier molecular flexibility index (Phi) is 6.48. The van der Waals surface area contributed by atoms with Gasteiger partial charge in [-0.2, -0.15) is 0 Å². The molecule has 0 radical (unpaired) electrons. The number of nitrogens with one attached hydrogen (secondary N) is 1. The number of ether oxygens (including phenoxy) is 2. The molecule has 1 aliphatic heterocycles. The van der Waals surface area contributed by atoms with E-state index in [1.54, 1.807) is 18.3 Å². The van der Waals surface area contributed by atoms with Crippen LogP contribution in [0.3, 0.4) is 0 Å². The Morgan fingerprint density at radius 1 is 1.42 bits per heavy atom. The van der Waals surface area contributed by atoms with Gasteiger partial charge in [0.05, 0.1) is 12.3 Å². The molecule has 1 aromatic carbocycles. The lowest BCUT2D eigenvalue weighted by Crippen LogP contribution is -2.49. The highest BCUT2D eigenvalue weighted by molar-refractivity contribution is 7.80. The minimum atomic E-state index is -0.420. The van der Waals surface area contributed by atoms with Crippen molar-refractivity contribution in [3.63, 3.8) is 0 Å². The lowest BCUT2D eigenvalue weighted by Gasteiger charge is -2.34. The van der Waals surface area contributed by atoms with Crippen LogP contribution in [0.4, 0.5) is 10.1 Å². The average Bonchev–Trinajstić information content (AvgIpc) is 2.64. The smallest absolute Gasteiger partial charge is 0.173 e. The van der Waals surface area contributed by atoms with Crippen molar-refractivity contribution in [1.29, 1.82) is 0 Å². The van der Waals surface area contributed by atoms with Gasteiger partial charge in [-0.25, -0.2) is 9.37 Å². The summed E-state index contributed by atoms with van der Waals surface area (Å²) in [6.45, 7) is 1.88. The molecule has 9 heteroatoms. The minimum Gasteiger partial charge on any atom is -0.488 e. The van der Waals surface area contributed by atoms with Crippen LogP contribution in [0.2, 0.25) is 10.2 Å². The number of rotatable bonds is 4. The molecule has 1 aromatic heterocycles. The van der Waals surface area contributed by atoms with Crippen molar-refractivity contribution in [2.24, 2.45) is 0 Å². The molecule has 26 heavy (non-hydrogen) atoms. The lowest BCUT2D eigenvalue weighted by atomic mass is 10.3. The third-order valence-electron chi connectivity index (χ3n) is 3.75. The molecule has 1 fully saturated rings. The van der Waals surface area contributed by atoms with Crippen LogP contribution in [0.5, 0.6) is 5.75 Å². The van der Waals surface area contributed by atoms with E-state index in [4.69, 9.17) is 44.9 Å². The molecule has 2 heterocycles. The van der Waals surface area contributed by atoms with Gasteiger partial charge in [-0.05, 0) is 42.5 Å². The van der Waals surface area contributed by atoms with Crippen LogP contribution in [-0.4, -0.2) is 47.4 Å². The van der Waals surface area contributed by atoms with E-state index in [9.17, 15) is 4.39 Å². The molecule has 1 atom stereocenters. The standard InChI is InChI=1S/C17H16Cl2FN3O2S/c18-11-3-4-13(20)14(8-11)22-17(26)23-6-7-24-12(9-23)10-25-15-2-1-5-21-16(15)19/h1-5,8,12H,6-7,9-10H2,(H,22,26). The number of thiocarbonyl (C=S) groups is 1. The molecule has 1 unspecified atom stereocenters. The van der Waals surface area contributed by atoms with E-state index in [2.05, 4.69) is 10.3 Å². The first-order valence-electron chi connectivity index (χ1n) is 7.89. The second-order valence-electron chi connectivity index (χ2n) is 5.60. The summed E-state index contributed by atoms with van der Waals surface area (Å²) < 4.78 is 25.2. The number of hydrogen-bond acceptors (Lipinski definition) is 4. The average molecular weight is 416 g/mol. The molecule has 5 nitrogen and oxygen atoms in total. The van der Waals surface area contributed by atoms with Gasteiger partial charge in [0, 0.05) is 24.3 Å². The monoisotopic (exact) mass is 415 g/mol. The predicted molar refractivity (Wildman–Crippen MR) is 104 cm³/mol. The number of anilines is 1. The summed E-state index contributed by atoms with van der Waals surface area (Å²) in [6.07, 6.45) is 1.39. The van der Waals surface area contributed by atoms with Gasteiger partial charge in [0.1, 0.15) is 18.5 Å². The van der Waals surface area contributed by atoms with Gasteiger partial charge in [0.25, 0.3) is 0 Å². The van der Waals surface area contributed by atoms with Gasteiger partial charge in [-0.1, -0.05) is 23.2 Å². The van der Waals surface area contributed by atoms with Gasteiger partial charge < -0.3 is 19.7 Å². The molecule has 0 amide bonds. The fourth-order valence-corrected chi connectivity index (χ4v) is 3.08. The van der Waals surface area contributed by atoms with Crippen LogP contribution in [0, 0.1) is 5.82 Å². The minimum absolute atomic E-state index is 0.205. The van der Waals surface area contributed by atoms with Crippen LogP contribution in [0.25, 0.3) is 0 Å². The molecule has 0 saturated carbocycles. The first kappa shape index (κ1) is 19.1. The zero-order chi connectivity index (χ0) is 18.5. The second-order valence-corrected chi connectivity index (χ2v) is 6.78. The zero-order valence-electron chi connectivity index (χ0n) is 13.6. The molecule has 138 valence electrons. The van der Waals surface area contributed by atoms with Gasteiger partial charge in [-0.3, -0.25) is 0 Å². The normalized spacial score (nSPS) is 17.0. The van der Waals surface area contributed by atoms with Crippen molar-refractivity contribution >= 4 is 46.2 Å². The quantitative estimate of drug-likeness (QED) is 0.601. The number of aromatic nitrogens is 1. The van der Waals surface area contributed by atoms with Gasteiger partial charge >= 0.3 is 0 Å². The number of halogens is 3. The Bertz CT molecular complexity index is 796. The van der Waals surface area contributed by atoms with Crippen molar-refractivity contribution < 1.29 is 13.9 Å². The third kappa shape index (κ3) is 4.94. The lowest BCUT2D eigenvalue weighted by molar-refractivity contribution is -0.0280. The Balaban J connectivity index is 1.56. The molecule has 1 saturated heterocycles. The van der Waals surface area contributed by atoms with E-state index in [1.165, 1.54) is 18.2 Å². The summed E-state index contributed by atoms with van der Waals surface area (Å²) in [5, 5.41) is 4.03. The summed E-state index contributed by atoms with van der Waals surface area (Å²) in [7, 11) is 0. The maximum atomic E-state index is 13.9. The molecule has 3 rings (SSSR count). The van der Waals surface area contributed by atoms with Crippen molar-refractivity contribution in [2.75, 3.05) is 31.6 Å². The Hall–Kier alpha value is -1.67. The van der Waals surface area contributed by atoms with Gasteiger partial charge in [0.2, 0.25) is 0 Å². The first-order chi connectivity index (χ1) is 12.5. The molecule has 0 spiro atoms. The number of morpholine rings is 1. The maximum absolute atomic E-state index is 13.9. The van der Waals surface area contributed by atoms with Crippen LogP contribution < -0.4 is 10.1 Å². The summed E-state index contributed by atoms with van der Waals surface area (Å²) >= 11 is 17.3. The van der Waals surface area contributed by atoms with E-state index in [1.807, 2.05) is 4.90 Å². The highest BCUT2D eigenvalue weighted by Crippen LogP contribution is 2.22. The van der Waals surface area contributed by atoms with E-state index in [-0.39, 0.29) is 11.8 Å². The SMILES string of the molecule is Fc1ccc(Cl)cc1NC(=S)N1CCOC(COc2cccnc2Cl)C1. The van der Waals surface area contributed by atoms with Crippen molar-refractivity contribution in [2.45, 2.75) is 6.10 Å². The fraction of sp³-hybridized carbons (Fsp3) is 0.294. The van der Waals surface area contributed by atoms with Crippen LogP contribution in [0.1, 0.15) is 0 Å². The summed E-state index contributed by atoms with van der Waals surface area (Å²) in [5.74, 6) is 0.0766. The van der Waals surface area contributed by atoms with Crippen molar-refractivity contribution in [3.8, 4) is 5.75 Å². The first-order valence-corrected chi connectivity index (χ1v) is 9.05. The molecule has 1 N–H and O–H groups in total. The number of nitrogens with zero attached hydrogens (tertiary/aromatic N) is 2. The molecular weight excluding hydrogens is 400 g/mol. The molecule has 0 aliphatic carbocycles. The highest BCUT2D eigenvalue weighted by atomic mass is 35.5. The Morgan fingerprint density at radius 2 is 2.27 bits per heavy atom. The largest absolute Gasteiger partial charge is 0.488 e. The van der Waals surface area contributed by atoms with Crippen LogP contribution in [-0.2, 0) is 4.74 Å². The van der Waals surface area contributed by atoms with E-state index in [0.29, 0.717) is 47.3 Å². The maximum Gasteiger partial charge on any atom is 0.173 e. The number of hydrogen-bond donors (Lipinski definition) is 1. The predicted octanol–water partition coefficient (Wildman–Crippen LogP) is 4.00. The van der Waals surface area contributed by atoms with Crippen molar-refractivity contribution in [3.05, 3.63) is 52.5 Å². The summed E-state index contributed by atoms with van der Waals surface area (Å²) in [5.41, 5.74) is 0.240. The van der Waals surface area contributed by atoms with Crippen LogP contribution >= 0.6 is 35.4 Å². The third-order valence-corrected chi connectivity index (χ3v) is 4.62.